The number of halogens is 1. The lowest BCUT2D eigenvalue weighted by atomic mass is 10.2. The summed E-state index contributed by atoms with van der Waals surface area (Å²) in [6.07, 6.45) is 0. The van der Waals surface area contributed by atoms with E-state index in [1.54, 1.807) is 6.92 Å². The van der Waals surface area contributed by atoms with Crippen LogP contribution in [0.25, 0.3) is 0 Å². The van der Waals surface area contributed by atoms with Gasteiger partial charge in [-0.05, 0) is 25.1 Å². The van der Waals surface area contributed by atoms with Gasteiger partial charge < -0.3 is 20.5 Å². The summed E-state index contributed by atoms with van der Waals surface area (Å²) in [4.78, 5) is 22.5. The number of urea groups is 1. The second-order valence-corrected chi connectivity index (χ2v) is 4.36. The minimum atomic E-state index is -1.09. The molecule has 2 amide bonds. The number of aromatic carboxylic acids is 1. The number of nitrogens with one attached hydrogen (secondary N) is 2. The van der Waals surface area contributed by atoms with Crippen LogP contribution in [0, 0.1) is 0 Å². The number of carbonyl (C=O) groups is 2. The SMILES string of the molecule is COCC(C)NC(=O)Nc1cc(C(=O)O)ccc1Cl. The molecule has 6 nitrogen and oxygen atoms in total. The summed E-state index contributed by atoms with van der Waals surface area (Å²) in [5.41, 5.74) is 0.285. The van der Waals surface area contributed by atoms with Crippen LogP contribution in [0.4, 0.5) is 10.5 Å². The van der Waals surface area contributed by atoms with E-state index in [9.17, 15) is 9.59 Å². The zero-order chi connectivity index (χ0) is 14.4. The molecule has 0 bridgehead atoms. The molecule has 0 aliphatic heterocycles. The third-order valence-electron chi connectivity index (χ3n) is 2.26. The molecule has 19 heavy (non-hydrogen) atoms. The van der Waals surface area contributed by atoms with Crippen LogP contribution in [0.2, 0.25) is 5.02 Å². The van der Waals surface area contributed by atoms with Crippen LogP contribution in [0.1, 0.15) is 17.3 Å². The maximum absolute atomic E-state index is 11.6. The smallest absolute Gasteiger partial charge is 0.335 e. The molecule has 0 saturated carbocycles. The minimum absolute atomic E-state index is 0.0460. The van der Waals surface area contributed by atoms with E-state index in [1.165, 1.54) is 25.3 Å². The van der Waals surface area contributed by atoms with E-state index in [0.717, 1.165) is 0 Å². The first-order valence-electron chi connectivity index (χ1n) is 5.53. The first kappa shape index (κ1) is 15.3. The van der Waals surface area contributed by atoms with E-state index in [4.69, 9.17) is 21.4 Å². The van der Waals surface area contributed by atoms with Crippen molar-refractivity contribution in [2.24, 2.45) is 0 Å². The molecule has 0 heterocycles. The summed E-state index contributed by atoms with van der Waals surface area (Å²) in [7, 11) is 1.53. The molecule has 104 valence electrons. The molecule has 0 fully saturated rings. The Hall–Kier alpha value is -1.79. The van der Waals surface area contributed by atoms with Crippen LogP contribution in [-0.2, 0) is 4.74 Å². The zero-order valence-electron chi connectivity index (χ0n) is 10.6. The van der Waals surface area contributed by atoms with Gasteiger partial charge in [0.2, 0.25) is 0 Å². The Balaban J connectivity index is 2.73. The van der Waals surface area contributed by atoms with Gasteiger partial charge in [0.1, 0.15) is 0 Å². The number of ether oxygens (including phenoxy) is 1. The number of carbonyl (C=O) groups excluding carboxylic acids is 1. The molecule has 3 N–H and O–H groups in total. The number of amides is 2. The van der Waals surface area contributed by atoms with Crippen molar-refractivity contribution in [1.29, 1.82) is 0 Å². The molecule has 7 heteroatoms. The van der Waals surface area contributed by atoms with E-state index in [0.29, 0.717) is 6.61 Å². The minimum Gasteiger partial charge on any atom is -0.478 e. The highest BCUT2D eigenvalue weighted by atomic mass is 35.5. The van der Waals surface area contributed by atoms with Gasteiger partial charge in [-0.2, -0.15) is 0 Å². The van der Waals surface area contributed by atoms with Gasteiger partial charge in [0.15, 0.2) is 0 Å². The third-order valence-corrected chi connectivity index (χ3v) is 2.59. The van der Waals surface area contributed by atoms with Crippen molar-refractivity contribution in [2.75, 3.05) is 19.0 Å². The van der Waals surface area contributed by atoms with Crippen molar-refractivity contribution in [2.45, 2.75) is 13.0 Å². The molecule has 0 aliphatic carbocycles. The van der Waals surface area contributed by atoms with Crippen molar-refractivity contribution in [3.63, 3.8) is 0 Å². The lowest BCUT2D eigenvalue weighted by molar-refractivity contribution is 0.0697. The summed E-state index contributed by atoms with van der Waals surface area (Å²) < 4.78 is 4.88. The number of anilines is 1. The van der Waals surface area contributed by atoms with Gasteiger partial charge in [-0.3, -0.25) is 0 Å². The highest BCUT2D eigenvalue weighted by Gasteiger charge is 2.11. The highest BCUT2D eigenvalue weighted by molar-refractivity contribution is 6.33. The number of carboxylic acids is 1. The van der Waals surface area contributed by atoms with Crippen LogP contribution >= 0.6 is 11.6 Å². The van der Waals surface area contributed by atoms with Gasteiger partial charge >= 0.3 is 12.0 Å². The Morgan fingerprint density at radius 2 is 2.16 bits per heavy atom. The molecule has 1 unspecified atom stereocenters. The molecule has 1 atom stereocenters. The molecule has 0 aromatic heterocycles. The average molecular weight is 287 g/mol. The van der Waals surface area contributed by atoms with E-state index in [2.05, 4.69) is 10.6 Å². The van der Waals surface area contributed by atoms with Crippen LogP contribution in [0.5, 0.6) is 0 Å². The van der Waals surface area contributed by atoms with Crippen molar-refractivity contribution in [3.8, 4) is 0 Å². The monoisotopic (exact) mass is 286 g/mol. The van der Waals surface area contributed by atoms with Gasteiger partial charge in [-0.1, -0.05) is 11.6 Å². The molecule has 1 rings (SSSR count). The van der Waals surface area contributed by atoms with Gasteiger partial charge in [0.05, 0.1) is 28.9 Å². The summed E-state index contributed by atoms with van der Waals surface area (Å²) in [6.45, 7) is 2.15. The summed E-state index contributed by atoms with van der Waals surface area (Å²) in [6, 6.07) is 3.42. The van der Waals surface area contributed by atoms with Gasteiger partial charge in [-0.25, -0.2) is 9.59 Å². The first-order chi connectivity index (χ1) is 8.93. The number of carboxylic acid groups (broad SMARTS) is 1. The highest BCUT2D eigenvalue weighted by Crippen LogP contribution is 2.23. The second kappa shape index (κ2) is 6.96. The van der Waals surface area contributed by atoms with Crippen molar-refractivity contribution >= 4 is 29.3 Å². The van der Waals surface area contributed by atoms with Crippen molar-refractivity contribution in [3.05, 3.63) is 28.8 Å². The Kier molecular flexibility index (Phi) is 5.59. The largest absolute Gasteiger partial charge is 0.478 e. The summed E-state index contributed by atoms with van der Waals surface area (Å²) in [5.74, 6) is -1.09. The second-order valence-electron chi connectivity index (χ2n) is 3.95. The van der Waals surface area contributed by atoms with E-state index >= 15 is 0 Å². The maximum atomic E-state index is 11.6. The maximum Gasteiger partial charge on any atom is 0.335 e. The molecule has 0 spiro atoms. The first-order valence-corrected chi connectivity index (χ1v) is 5.91. The summed E-state index contributed by atoms with van der Waals surface area (Å²) >= 11 is 5.88. The van der Waals surface area contributed by atoms with Crippen molar-refractivity contribution in [1.82, 2.24) is 5.32 Å². The average Bonchev–Trinajstić information content (AvgIpc) is 2.31. The molecule has 1 aromatic rings. The predicted octanol–water partition coefficient (Wildman–Crippen LogP) is 2.19. The molecule has 0 aliphatic rings. The number of hydrogen-bond acceptors (Lipinski definition) is 3. The van der Waals surface area contributed by atoms with E-state index in [1.807, 2.05) is 0 Å². The fourth-order valence-corrected chi connectivity index (χ4v) is 1.59. The zero-order valence-corrected chi connectivity index (χ0v) is 11.3. The molecule has 0 radical (unpaired) electrons. The Morgan fingerprint density at radius 1 is 1.47 bits per heavy atom. The number of benzene rings is 1. The van der Waals surface area contributed by atoms with Crippen LogP contribution in [-0.4, -0.2) is 36.9 Å². The topological polar surface area (TPSA) is 87.7 Å². The standard InChI is InChI=1S/C12H15ClN2O4/c1-7(6-19-2)14-12(18)15-10-5-8(11(16)17)3-4-9(10)13/h3-5,7H,6H2,1-2H3,(H,16,17)(H2,14,15,18). The normalized spacial score (nSPS) is 11.7. The molecular weight excluding hydrogens is 272 g/mol. The Labute approximate surface area is 115 Å². The van der Waals surface area contributed by atoms with Crippen molar-refractivity contribution < 1.29 is 19.4 Å². The van der Waals surface area contributed by atoms with Gasteiger partial charge in [-0.15, -0.1) is 0 Å². The number of rotatable bonds is 5. The van der Waals surface area contributed by atoms with Crippen LogP contribution in [0.3, 0.4) is 0 Å². The fourth-order valence-electron chi connectivity index (χ4n) is 1.43. The number of methoxy groups -OCH3 is 1. The van der Waals surface area contributed by atoms with Gasteiger partial charge in [0, 0.05) is 7.11 Å². The summed E-state index contributed by atoms with van der Waals surface area (Å²) in [5, 5.41) is 14.2. The van der Waals surface area contributed by atoms with Crippen LogP contribution in [0.15, 0.2) is 18.2 Å². The third kappa shape index (κ3) is 4.76. The molecule has 1 aromatic carbocycles. The van der Waals surface area contributed by atoms with E-state index < -0.39 is 12.0 Å². The molecule has 0 saturated heterocycles. The Bertz CT molecular complexity index is 479. The predicted molar refractivity (Wildman–Crippen MR) is 71.9 cm³/mol. The Morgan fingerprint density at radius 3 is 2.74 bits per heavy atom. The quantitative estimate of drug-likeness (QED) is 0.774. The van der Waals surface area contributed by atoms with Gasteiger partial charge in [0.25, 0.3) is 0 Å². The van der Waals surface area contributed by atoms with E-state index in [-0.39, 0.29) is 22.3 Å². The fraction of sp³-hybridized carbons (Fsp3) is 0.333. The molecular formula is C12H15ClN2O4. The number of hydrogen-bond donors (Lipinski definition) is 3. The van der Waals surface area contributed by atoms with Crippen LogP contribution < -0.4 is 10.6 Å². The lowest BCUT2D eigenvalue weighted by Gasteiger charge is -2.14. The lowest BCUT2D eigenvalue weighted by Crippen LogP contribution is -2.38.